The van der Waals surface area contributed by atoms with Crippen LogP contribution in [-0.4, -0.2) is 58.5 Å². The molecule has 2 rings (SSSR count). The smallest absolute Gasteiger partial charge is 0.408 e. The predicted molar refractivity (Wildman–Crippen MR) is 75.0 cm³/mol. The molecule has 2 fully saturated rings. The van der Waals surface area contributed by atoms with Gasteiger partial charge in [-0.2, -0.15) is 0 Å². The van der Waals surface area contributed by atoms with Crippen molar-refractivity contribution in [1.82, 2.24) is 10.2 Å². The summed E-state index contributed by atoms with van der Waals surface area (Å²) in [4.78, 5) is 36.9. The molecule has 2 heterocycles. The van der Waals surface area contributed by atoms with Gasteiger partial charge >= 0.3 is 12.1 Å². The standard InChI is InChI=1S/C14H22N2O6/c1-14(2,3)22-13(20)15-8-6-7-21-10-5-4-9(12(18)19)16(10)11(8)17/h8-10H,4-7H2,1-3H3,(H,15,20)(H,18,19)/t8-,9-,10-/m0/s1. The van der Waals surface area contributed by atoms with E-state index in [2.05, 4.69) is 5.32 Å². The number of fused-ring (bicyclic) bond motifs is 1. The molecule has 3 atom stereocenters. The molecule has 0 bridgehead atoms. The van der Waals surface area contributed by atoms with Gasteiger partial charge in [0.2, 0.25) is 5.91 Å². The molecule has 0 spiro atoms. The number of alkyl carbamates (subject to hydrolysis) is 1. The van der Waals surface area contributed by atoms with Crippen molar-refractivity contribution >= 4 is 18.0 Å². The number of nitrogens with zero attached hydrogens (tertiary/aromatic N) is 1. The molecule has 2 saturated heterocycles. The van der Waals surface area contributed by atoms with Gasteiger partial charge in [-0.3, -0.25) is 4.79 Å². The number of hydrogen-bond donors (Lipinski definition) is 2. The number of hydrogen-bond acceptors (Lipinski definition) is 5. The molecule has 124 valence electrons. The van der Waals surface area contributed by atoms with Gasteiger partial charge < -0.3 is 24.8 Å². The van der Waals surface area contributed by atoms with Crippen molar-refractivity contribution in [2.45, 2.75) is 63.9 Å². The average Bonchev–Trinajstić information content (AvgIpc) is 2.72. The number of amides is 2. The van der Waals surface area contributed by atoms with Crippen LogP contribution in [0.15, 0.2) is 0 Å². The lowest BCUT2D eigenvalue weighted by Crippen LogP contribution is -2.53. The van der Waals surface area contributed by atoms with Gasteiger partial charge in [0, 0.05) is 6.42 Å². The number of carboxylic acids is 1. The van der Waals surface area contributed by atoms with Crippen LogP contribution in [0.25, 0.3) is 0 Å². The molecule has 0 aromatic carbocycles. The highest BCUT2D eigenvalue weighted by Gasteiger charge is 2.45. The fourth-order valence-electron chi connectivity index (χ4n) is 2.69. The Morgan fingerprint density at radius 1 is 1.32 bits per heavy atom. The van der Waals surface area contributed by atoms with Crippen LogP contribution in [0.1, 0.15) is 40.0 Å². The third kappa shape index (κ3) is 3.68. The molecule has 8 nitrogen and oxygen atoms in total. The van der Waals surface area contributed by atoms with Gasteiger partial charge in [-0.25, -0.2) is 9.59 Å². The van der Waals surface area contributed by atoms with Crippen molar-refractivity contribution < 1.29 is 29.0 Å². The van der Waals surface area contributed by atoms with Gasteiger partial charge in [-0.1, -0.05) is 0 Å². The lowest BCUT2D eigenvalue weighted by Gasteiger charge is -2.28. The minimum absolute atomic E-state index is 0.277. The van der Waals surface area contributed by atoms with Crippen LogP contribution in [0.3, 0.4) is 0 Å². The van der Waals surface area contributed by atoms with E-state index < -0.39 is 41.9 Å². The molecule has 0 radical (unpaired) electrons. The van der Waals surface area contributed by atoms with E-state index in [9.17, 15) is 19.5 Å². The average molecular weight is 314 g/mol. The summed E-state index contributed by atoms with van der Waals surface area (Å²) in [5, 5.41) is 11.7. The Labute approximate surface area is 128 Å². The van der Waals surface area contributed by atoms with Crippen LogP contribution >= 0.6 is 0 Å². The second-order valence-corrected chi connectivity index (χ2v) is 6.49. The number of carbonyl (C=O) groups is 3. The number of carbonyl (C=O) groups excluding carboxylic acids is 2. The van der Waals surface area contributed by atoms with Crippen molar-refractivity contribution in [3.63, 3.8) is 0 Å². The maximum absolute atomic E-state index is 12.6. The van der Waals surface area contributed by atoms with Crippen LogP contribution in [-0.2, 0) is 19.1 Å². The van der Waals surface area contributed by atoms with Crippen molar-refractivity contribution in [2.75, 3.05) is 6.61 Å². The number of nitrogens with one attached hydrogen (secondary N) is 1. The molecule has 22 heavy (non-hydrogen) atoms. The lowest BCUT2D eigenvalue weighted by atomic mass is 10.1. The summed E-state index contributed by atoms with van der Waals surface area (Å²) in [6, 6.07) is -1.74. The van der Waals surface area contributed by atoms with Crippen LogP contribution < -0.4 is 5.32 Å². The van der Waals surface area contributed by atoms with Crippen LogP contribution in [0, 0.1) is 0 Å². The van der Waals surface area contributed by atoms with Crippen LogP contribution in [0.5, 0.6) is 0 Å². The molecule has 0 aromatic rings. The first kappa shape index (κ1) is 16.5. The van der Waals surface area contributed by atoms with Gasteiger partial charge in [-0.05, 0) is 33.6 Å². The molecule has 0 saturated carbocycles. The molecule has 2 aliphatic rings. The summed E-state index contributed by atoms with van der Waals surface area (Å²) in [5.41, 5.74) is -0.672. The van der Waals surface area contributed by atoms with Gasteiger partial charge in [0.05, 0.1) is 6.61 Å². The first-order valence-corrected chi connectivity index (χ1v) is 7.35. The number of rotatable bonds is 2. The van der Waals surface area contributed by atoms with Crippen LogP contribution in [0.4, 0.5) is 4.79 Å². The Morgan fingerprint density at radius 2 is 2.00 bits per heavy atom. The van der Waals surface area contributed by atoms with E-state index in [1.165, 1.54) is 4.90 Å². The van der Waals surface area contributed by atoms with E-state index in [1.807, 2.05) is 0 Å². The molecule has 2 aliphatic heterocycles. The Morgan fingerprint density at radius 3 is 2.59 bits per heavy atom. The molecule has 2 N–H and O–H groups in total. The van der Waals surface area contributed by atoms with E-state index in [0.29, 0.717) is 12.8 Å². The topological polar surface area (TPSA) is 105 Å². The van der Waals surface area contributed by atoms with E-state index in [-0.39, 0.29) is 13.0 Å². The Balaban J connectivity index is 2.08. The predicted octanol–water partition coefficient (Wildman–Crippen LogP) is 0.702. The minimum atomic E-state index is -1.06. The van der Waals surface area contributed by atoms with Crippen molar-refractivity contribution in [2.24, 2.45) is 0 Å². The third-order valence-corrected chi connectivity index (χ3v) is 3.58. The monoisotopic (exact) mass is 314 g/mol. The highest BCUT2D eigenvalue weighted by molar-refractivity contribution is 5.90. The zero-order valence-electron chi connectivity index (χ0n) is 13.0. The van der Waals surface area contributed by atoms with Crippen molar-refractivity contribution in [1.29, 1.82) is 0 Å². The van der Waals surface area contributed by atoms with E-state index in [4.69, 9.17) is 9.47 Å². The van der Waals surface area contributed by atoms with E-state index >= 15 is 0 Å². The molecular weight excluding hydrogens is 292 g/mol. The fraction of sp³-hybridized carbons (Fsp3) is 0.786. The molecule has 2 amide bonds. The Hall–Kier alpha value is -1.83. The largest absolute Gasteiger partial charge is 0.480 e. The number of carboxylic acid groups (broad SMARTS) is 1. The van der Waals surface area contributed by atoms with Crippen LogP contribution in [0.2, 0.25) is 0 Å². The number of aliphatic carboxylic acids is 1. The quantitative estimate of drug-likeness (QED) is 0.777. The maximum atomic E-state index is 12.6. The molecular formula is C14H22N2O6. The summed E-state index contributed by atoms with van der Waals surface area (Å²) >= 11 is 0. The summed E-state index contributed by atoms with van der Waals surface area (Å²) < 4.78 is 10.7. The second kappa shape index (κ2) is 6.12. The summed E-state index contributed by atoms with van der Waals surface area (Å²) in [6.45, 7) is 5.45. The second-order valence-electron chi connectivity index (χ2n) is 6.49. The van der Waals surface area contributed by atoms with Gasteiger partial charge in [-0.15, -0.1) is 0 Å². The fourth-order valence-corrected chi connectivity index (χ4v) is 2.69. The molecule has 0 aromatic heterocycles. The van der Waals surface area contributed by atoms with E-state index in [1.54, 1.807) is 20.8 Å². The first-order chi connectivity index (χ1) is 10.2. The molecule has 0 unspecified atom stereocenters. The van der Waals surface area contributed by atoms with Crippen molar-refractivity contribution in [3.05, 3.63) is 0 Å². The van der Waals surface area contributed by atoms with Crippen molar-refractivity contribution in [3.8, 4) is 0 Å². The highest BCUT2D eigenvalue weighted by Crippen LogP contribution is 2.28. The third-order valence-electron chi connectivity index (χ3n) is 3.58. The minimum Gasteiger partial charge on any atom is -0.480 e. The SMILES string of the molecule is CC(C)(C)OC(=O)N[C@H]1CCO[C@H]2CC[C@@H](C(=O)O)N2C1=O. The summed E-state index contributed by atoms with van der Waals surface area (Å²) in [6.07, 6.45) is -0.0983. The zero-order valence-corrected chi connectivity index (χ0v) is 13.0. The normalized spacial score (nSPS) is 28.8. The summed E-state index contributed by atoms with van der Waals surface area (Å²) in [7, 11) is 0. The zero-order chi connectivity index (χ0) is 16.5. The Bertz CT molecular complexity index is 472. The van der Waals surface area contributed by atoms with Gasteiger partial charge in [0.15, 0.2) is 0 Å². The van der Waals surface area contributed by atoms with Gasteiger partial charge in [0.25, 0.3) is 0 Å². The Kier molecular flexibility index (Phi) is 4.60. The summed E-state index contributed by atoms with van der Waals surface area (Å²) in [5.74, 6) is -1.49. The first-order valence-electron chi connectivity index (χ1n) is 7.35. The molecule has 8 heteroatoms. The van der Waals surface area contributed by atoms with E-state index in [0.717, 1.165) is 0 Å². The lowest BCUT2D eigenvalue weighted by molar-refractivity contribution is -0.155. The van der Waals surface area contributed by atoms with Gasteiger partial charge in [0.1, 0.15) is 23.9 Å². The number of ether oxygens (including phenoxy) is 2. The highest BCUT2D eigenvalue weighted by atomic mass is 16.6. The maximum Gasteiger partial charge on any atom is 0.408 e. The molecule has 0 aliphatic carbocycles.